The number of nitrogens with zero attached hydrogens (tertiary/aromatic N) is 1. The van der Waals surface area contributed by atoms with Crippen LogP contribution >= 0.6 is 34.5 Å². The average molecular weight is 316 g/mol. The van der Waals surface area contributed by atoms with Crippen molar-refractivity contribution in [2.75, 3.05) is 0 Å². The predicted molar refractivity (Wildman–Crippen MR) is 81.7 cm³/mol. The first-order valence-corrected chi connectivity index (χ1v) is 7.56. The van der Waals surface area contributed by atoms with Crippen molar-refractivity contribution in [2.24, 2.45) is 5.84 Å². The van der Waals surface area contributed by atoms with Gasteiger partial charge in [0.2, 0.25) is 0 Å². The van der Waals surface area contributed by atoms with Crippen molar-refractivity contribution in [1.29, 1.82) is 0 Å². The summed E-state index contributed by atoms with van der Waals surface area (Å²) in [6.07, 6.45) is 3.39. The summed E-state index contributed by atoms with van der Waals surface area (Å²) in [6.45, 7) is 2.14. The Morgan fingerprint density at radius 1 is 1.37 bits per heavy atom. The molecule has 0 aromatic carbocycles. The fourth-order valence-electron chi connectivity index (χ4n) is 1.84. The molecule has 0 aliphatic carbocycles. The number of hydrogen-bond acceptors (Lipinski definition) is 4. The van der Waals surface area contributed by atoms with Gasteiger partial charge in [0.1, 0.15) is 0 Å². The number of rotatable bonds is 5. The third kappa shape index (κ3) is 3.68. The van der Waals surface area contributed by atoms with Crippen LogP contribution in [0.5, 0.6) is 0 Å². The second-order valence-electron chi connectivity index (χ2n) is 4.17. The van der Waals surface area contributed by atoms with E-state index >= 15 is 0 Å². The molecule has 0 saturated heterocycles. The van der Waals surface area contributed by atoms with Crippen molar-refractivity contribution >= 4 is 34.5 Å². The number of hydrogen-bond donors (Lipinski definition) is 2. The van der Waals surface area contributed by atoms with E-state index in [-0.39, 0.29) is 6.04 Å². The molecule has 3 N–H and O–H groups in total. The predicted octanol–water partition coefficient (Wildman–Crippen LogP) is 3.76. The smallest absolute Gasteiger partial charge is 0.0777 e. The number of pyridine rings is 1. The minimum Gasteiger partial charge on any atom is -0.271 e. The lowest BCUT2D eigenvalue weighted by molar-refractivity contribution is 0.542. The van der Waals surface area contributed by atoms with Crippen molar-refractivity contribution in [3.8, 4) is 0 Å². The molecule has 1 unspecified atom stereocenters. The number of thiophene rings is 1. The van der Waals surface area contributed by atoms with Crippen molar-refractivity contribution < 1.29 is 0 Å². The summed E-state index contributed by atoms with van der Waals surface area (Å²) in [5, 5.41) is 1.05. The Bertz CT molecular complexity index is 557. The summed E-state index contributed by atoms with van der Waals surface area (Å²) in [5.41, 5.74) is 3.49. The molecule has 2 rings (SSSR count). The van der Waals surface area contributed by atoms with Crippen LogP contribution in [0.15, 0.2) is 24.4 Å². The Hall–Kier alpha value is -0.650. The molecule has 2 aromatic rings. The quantitative estimate of drug-likeness (QED) is 0.652. The number of aryl methyl sites for hydroxylation is 1. The number of aromatic nitrogens is 1. The van der Waals surface area contributed by atoms with E-state index in [1.807, 2.05) is 0 Å². The van der Waals surface area contributed by atoms with E-state index < -0.39 is 0 Å². The summed E-state index contributed by atoms with van der Waals surface area (Å²) < 4.78 is 0. The second kappa shape index (κ2) is 6.68. The molecule has 0 bridgehead atoms. The summed E-state index contributed by atoms with van der Waals surface area (Å²) in [5.74, 6) is 5.62. The van der Waals surface area contributed by atoms with Gasteiger partial charge in [-0.15, -0.1) is 11.3 Å². The minimum atomic E-state index is -0.117. The van der Waals surface area contributed by atoms with E-state index in [0.29, 0.717) is 10.0 Å². The topological polar surface area (TPSA) is 50.9 Å². The highest BCUT2D eigenvalue weighted by Gasteiger charge is 2.17. The van der Waals surface area contributed by atoms with Crippen LogP contribution in [0.3, 0.4) is 0 Å². The molecule has 2 heterocycles. The van der Waals surface area contributed by atoms with Gasteiger partial charge in [-0.3, -0.25) is 16.3 Å². The maximum atomic E-state index is 6.16. The number of nitrogens with two attached hydrogens (primary N) is 1. The molecule has 0 amide bonds. The van der Waals surface area contributed by atoms with Gasteiger partial charge < -0.3 is 0 Å². The van der Waals surface area contributed by atoms with Crippen LogP contribution in [-0.4, -0.2) is 4.98 Å². The molecule has 0 radical (unpaired) electrons. The van der Waals surface area contributed by atoms with Crippen molar-refractivity contribution in [3.63, 3.8) is 0 Å². The Labute approximate surface area is 126 Å². The van der Waals surface area contributed by atoms with Gasteiger partial charge in [-0.1, -0.05) is 30.1 Å². The fourth-order valence-corrected chi connectivity index (χ4v) is 3.35. The van der Waals surface area contributed by atoms with Crippen LogP contribution in [0.4, 0.5) is 0 Å². The number of hydrazine groups is 1. The van der Waals surface area contributed by atoms with Crippen molar-refractivity contribution in [3.05, 3.63) is 49.9 Å². The monoisotopic (exact) mass is 315 g/mol. The molecule has 1 atom stereocenters. The molecule has 102 valence electrons. The van der Waals surface area contributed by atoms with Gasteiger partial charge in [0.15, 0.2) is 0 Å². The normalized spacial score (nSPS) is 12.6. The summed E-state index contributed by atoms with van der Waals surface area (Å²) in [4.78, 5) is 6.89. The van der Waals surface area contributed by atoms with Gasteiger partial charge in [0.05, 0.1) is 21.8 Å². The molecule has 19 heavy (non-hydrogen) atoms. The molecular formula is C13H15Cl2N3S. The third-order valence-corrected chi connectivity index (χ3v) is 4.60. The lowest BCUT2D eigenvalue weighted by Gasteiger charge is -2.15. The van der Waals surface area contributed by atoms with Crippen LogP contribution in [0, 0.1) is 0 Å². The van der Waals surface area contributed by atoms with Gasteiger partial charge in [-0.05, 0) is 24.6 Å². The van der Waals surface area contributed by atoms with E-state index in [0.717, 1.165) is 18.5 Å². The highest BCUT2D eigenvalue weighted by molar-refractivity contribution is 7.11. The second-order valence-corrected chi connectivity index (χ2v) is 6.26. The highest BCUT2D eigenvalue weighted by Crippen LogP contribution is 2.28. The lowest BCUT2D eigenvalue weighted by Crippen LogP contribution is -2.30. The van der Waals surface area contributed by atoms with Crippen LogP contribution in [0.25, 0.3) is 0 Å². The van der Waals surface area contributed by atoms with Crippen LogP contribution in [0.1, 0.15) is 28.4 Å². The molecule has 0 aliphatic heterocycles. The Morgan fingerprint density at radius 3 is 2.68 bits per heavy atom. The fraction of sp³-hybridized carbons (Fsp3) is 0.308. The molecule has 6 heteroatoms. The lowest BCUT2D eigenvalue weighted by atomic mass is 10.1. The van der Waals surface area contributed by atoms with E-state index in [1.165, 1.54) is 9.75 Å². The molecule has 2 aromatic heterocycles. The third-order valence-electron chi connectivity index (χ3n) is 2.84. The first-order valence-electron chi connectivity index (χ1n) is 5.98. The molecule has 0 aliphatic rings. The molecular weight excluding hydrogens is 301 g/mol. The number of nitrogens with one attached hydrogen (secondary N) is 1. The summed E-state index contributed by atoms with van der Waals surface area (Å²) in [6, 6.07) is 5.83. The van der Waals surface area contributed by atoms with Gasteiger partial charge in [-0.25, -0.2) is 0 Å². The van der Waals surface area contributed by atoms with Crippen LogP contribution in [-0.2, 0) is 12.8 Å². The number of halogens is 2. The first kappa shape index (κ1) is 14.8. The van der Waals surface area contributed by atoms with E-state index in [9.17, 15) is 0 Å². The zero-order valence-corrected chi connectivity index (χ0v) is 12.8. The maximum absolute atomic E-state index is 6.16. The summed E-state index contributed by atoms with van der Waals surface area (Å²) >= 11 is 13.8. The zero-order valence-electron chi connectivity index (χ0n) is 10.5. The Balaban J connectivity index is 2.19. The zero-order chi connectivity index (χ0) is 13.8. The molecule has 3 nitrogen and oxygen atoms in total. The summed E-state index contributed by atoms with van der Waals surface area (Å²) in [7, 11) is 0. The van der Waals surface area contributed by atoms with E-state index in [2.05, 4.69) is 29.5 Å². The van der Waals surface area contributed by atoms with Crippen molar-refractivity contribution in [2.45, 2.75) is 25.8 Å². The van der Waals surface area contributed by atoms with Crippen LogP contribution < -0.4 is 11.3 Å². The molecule has 0 fully saturated rings. The SMILES string of the molecule is CCc1ccc(CC(NN)c2ncc(Cl)cc2Cl)s1. The van der Waals surface area contributed by atoms with Gasteiger partial charge in [-0.2, -0.15) is 0 Å². The van der Waals surface area contributed by atoms with Gasteiger partial charge in [0, 0.05) is 22.4 Å². The molecule has 0 saturated carbocycles. The highest BCUT2D eigenvalue weighted by atomic mass is 35.5. The van der Waals surface area contributed by atoms with E-state index in [1.54, 1.807) is 23.6 Å². The Morgan fingerprint density at radius 2 is 2.11 bits per heavy atom. The minimum absolute atomic E-state index is 0.117. The first-order chi connectivity index (χ1) is 9.13. The Kier molecular flexibility index (Phi) is 5.19. The molecule has 0 spiro atoms. The van der Waals surface area contributed by atoms with Gasteiger partial charge in [0.25, 0.3) is 0 Å². The van der Waals surface area contributed by atoms with Crippen LogP contribution in [0.2, 0.25) is 10.0 Å². The largest absolute Gasteiger partial charge is 0.271 e. The van der Waals surface area contributed by atoms with Crippen molar-refractivity contribution in [1.82, 2.24) is 10.4 Å². The van der Waals surface area contributed by atoms with E-state index in [4.69, 9.17) is 29.0 Å². The average Bonchev–Trinajstić information content (AvgIpc) is 2.84. The van der Waals surface area contributed by atoms with Gasteiger partial charge >= 0.3 is 0 Å². The standard InChI is InChI=1S/C13H15Cl2N3S/c1-2-9-3-4-10(19-9)6-12(18-16)13-11(15)5-8(14)7-17-13/h3-5,7,12,18H,2,6,16H2,1H3. The maximum Gasteiger partial charge on any atom is 0.0777 e.